The van der Waals surface area contributed by atoms with Crippen LogP contribution < -0.4 is 0 Å². The summed E-state index contributed by atoms with van der Waals surface area (Å²) in [6.07, 6.45) is 1.39. The van der Waals surface area contributed by atoms with Crippen LogP contribution in [0, 0.1) is 11.3 Å². The van der Waals surface area contributed by atoms with Gasteiger partial charge in [0, 0.05) is 11.1 Å². The number of para-hydroxylation sites is 1. The summed E-state index contributed by atoms with van der Waals surface area (Å²) in [7, 11) is -3.28. The Bertz CT molecular complexity index is 1380. The second kappa shape index (κ2) is 8.07. The summed E-state index contributed by atoms with van der Waals surface area (Å²) in [5, 5.41) is 14.2. The Morgan fingerprint density at radius 1 is 1.07 bits per heavy atom. The smallest absolute Gasteiger partial charge is 0.175 e. The van der Waals surface area contributed by atoms with Gasteiger partial charge in [-0.15, -0.1) is 11.3 Å². The Labute approximate surface area is 183 Å². The maximum absolute atomic E-state index is 11.9. The van der Waals surface area contributed by atoms with Crippen molar-refractivity contribution in [1.29, 1.82) is 5.26 Å². The van der Waals surface area contributed by atoms with Crippen LogP contribution in [-0.2, 0) is 16.3 Å². The highest BCUT2D eigenvalue weighted by Crippen LogP contribution is 2.37. The van der Waals surface area contributed by atoms with Crippen molar-refractivity contribution in [1.82, 2.24) is 9.78 Å². The molecule has 2 heterocycles. The van der Waals surface area contributed by atoms with Crippen molar-refractivity contribution in [3.05, 3.63) is 77.4 Å². The van der Waals surface area contributed by atoms with Gasteiger partial charge in [0.2, 0.25) is 0 Å². The van der Waals surface area contributed by atoms with E-state index in [1.807, 2.05) is 42.5 Å². The molecule has 0 atom stereocenters. The number of rotatable bonds is 5. The van der Waals surface area contributed by atoms with Gasteiger partial charge in [-0.2, -0.15) is 10.4 Å². The third-order valence-electron chi connectivity index (χ3n) is 4.51. The quantitative estimate of drug-likeness (QED) is 0.406. The van der Waals surface area contributed by atoms with Crippen LogP contribution in [0.15, 0.2) is 71.6 Å². The zero-order valence-corrected chi connectivity index (χ0v) is 18.3. The van der Waals surface area contributed by atoms with E-state index in [0.717, 1.165) is 26.7 Å². The Kier molecular flexibility index (Phi) is 5.48. The number of hydrogen-bond acceptors (Lipinski definition) is 5. The second-order valence-electron chi connectivity index (χ2n) is 6.68. The monoisotopic (exact) mass is 453 g/mol. The number of benzene rings is 2. The largest absolute Gasteiger partial charge is 0.230 e. The van der Waals surface area contributed by atoms with Crippen LogP contribution in [-0.4, -0.2) is 24.5 Å². The molecule has 30 heavy (non-hydrogen) atoms. The molecule has 0 aliphatic carbocycles. The highest BCUT2D eigenvalue weighted by molar-refractivity contribution is 7.90. The molecule has 0 saturated carbocycles. The van der Waals surface area contributed by atoms with E-state index >= 15 is 0 Å². The van der Waals surface area contributed by atoms with Gasteiger partial charge in [0.1, 0.15) is 0 Å². The molecule has 2 aromatic carbocycles. The lowest BCUT2D eigenvalue weighted by atomic mass is 10.2. The number of hydrogen-bond donors (Lipinski definition) is 0. The molecule has 4 aromatic rings. The molecular weight excluding hydrogens is 438 g/mol. The van der Waals surface area contributed by atoms with Crippen LogP contribution in [0.25, 0.3) is 26.7 Å². The molecule has 0 fully saturated rings. The lowest BCUT2D eigenvalue weighted by Gasteiger charge is -2.08. The van der Waals surface area contributed by atoms with Crippen molar-refractivity contribution < 1.29 is 8.42 Å². The predicted molar refractivity (Wildman–Crippen MR) is 120 cm³/mol. The highest BCUT2D eigenvalue weighted by atomic mass is 35.5. The third kappa shape index (κ3) is 4.03. The maximum atomic E-state index is 11.9. The molecule has 0 saturated heterocycles. The van der Waals surface area contributed by atoms with Crippen molar-refractivity contribution in [3.63, 3.8) is 0 Å². The SMILES string of the molecule is CS(=O)(=O)c1cccc(-c2ccc(-c3cc(CC#N)nn3-c3ccccc3Cl)s2)c1. The first-order valence-corrected chi connectivity index (χ1v) is 12.1. The number of aromatic nitrogens is 2. The minimum Gasteiger partial charge on any atom is -0.230 e. The fourth-order valence-corrected chi connectivity index (χ4v) is 4.98. The van der Waals surface area contributed by atoms with Gasteiger partial charge < -0.3 is 0 Å². The summed E-state index contributed by atoms with van der Waals surface area (Å²) < 4.78 is 25.5. The molecule has 5 nitrogen and oxygen atoms in total. The van der Waals surface area contributed by atoms with Crippen molar-refractivity contribution in [2.75, 3.05) is 6.26 Å². The summed E-state index contributed by atoms with van der Waals surface area (Å²) >= 11 is 7.91. The van der Waals surface area contributed by atoms with Gasteiger partial charge in [0.15, 0.2) is 9.84 Å². The fraction of sp³-hybridized carbons (Fsp3) is 0.0909. The molecule has 150 valence electrons. The summed E-state index contributed by atoms with van der Waals surface area (Å²) in [6.45, 7) is 0. The minimum absolute atomic E-state index is 0.194. The number of nitrogens with zero attached hydrogens (tertiary/aromatic N) is 3. The van der Waals surface area contributed by atoms with E-state index in [9.17, 15) is 8.42 Å². The Hall–Kier alpha value is -2.92. The van der Waals surface area contributed by atoms with Gasteiger partial charge in [-0.1, -0.05) is 35.9 Å². The zero-order chi connectivity index (χ0) is 21.3. The first-order chi connectivity index (χ1) is 14.4. The molecule has 0 aliphatic rings. The van der Waals surface area contributed by atoms with E-state index in [4.69, 9.17) is 16.9 Å². The van der Waals surface area contributed by atoms with Gasteiger partial charge >= 0.3 is 0 Å². The molecular formula is C22H16ClN3O2S2. The molecule has 0 aliphatic heterocycles. The lowest BCUT2D eigenvalue weighted by molar-refractivity contribution is 0.602. The lowest BCUT2D eigenvalue weighted by Crippen LogP contribution is -1.99. The van der Waals surface area contributed by atoms with Crippen molar-refractivity contribution in [2.45, 2.75) is 11.3 Å². The van der Waals surface area contributed by atoms with Crippen LogP contribution in [0.4, 0.5) is 0 Å². The first-order valence-electron chi connectivity index (χ1n) is 8.98. The molecule has 0 unspecified atom stereocenters. The maximum Gasteiger partial charge on any atom is 0.175 e. The molecule has 0 spiro atoms. The van der Waals surface area contributed by atoms with E-state index in [2.05, 4.69) is 11.2 Å². The second-order valence-corrected chi connectivity index (χ2v) is 10.2. The van der Waals surface area contributed by atoms with Crippen LogP contribution >= 0.6 is 22.9 Å². The van der Waals surface area contributed by atoms with E-state index < -0.39 is 9.84 Å². The Morgan fingerprint density at radius 2 is 1.83 bits per heavy atom. The molecule has 8 heteroatoms. The molecule has 0 amide bonds. The van der Waals surface area contributed by atoms with Gasteiger partial charge in [-0.25, -0.2) is 13.1 Å². The summed E-state index contributed by atoms with van der Waals surface area (Å²) in [5.74, 6) is 0. The van der Waals surface area contributed by atoms with Gasteiger partial charge in [-0.3, -0.25) is 0 Å². The molecule has 0 N–H and O–H groups in total. The van der Waals surface area contributed by atoms with Crippen molar-refractivity contribution >= 4 is 32.8 Å². The van der Waals surface area contributed by atoms with Crippen LogP contribution in [0.3, 0.4) is 0 Å². The molecule has 0 bridgehead atoms. The standard InChI is InChI=1S/C22H16ClN3O2S2/c1-30(27,28)17-6-4-5-15(13-17)21-9-10-22(29-21)20-14-16(11-12-24)25-26(20)19-8-3-2-7-18(19)23/h2-10,13-14H,11H2,1H3. The normalized spacial score (nSPS) is 11.4. The first kappa shape index (κ1) is 20.4. The van der Waals surface area contributed by atoms with E-state index in [-0.39, 0.29) is 11.3 Å². The van der Waals surface area contributed by atoms with Gasteiger partial charge in [0.05, 0.1) is 44.4 Å². The zero-order valence-electron chi connectivity index (χ0n) is 15.9. The Balaban J connectivity index is 1.81. The average molecular weight is 454 g/mol. The van der Waals surface area contributed by atoms with Gasteiger partial charge in [0.25, 0.3) is 0 Å². The number of sulfone groups is 1. The van der Waals surface area contributed by atoms with E-state index in [1.54, 1.807) is 28.9 Å². The van der Waals surface area contributed by atoms with Crippen molar-refractivity contribution in [3.8, 4) is 32.8 Å². The van der Waals surface area contributed by atoms with Crippen LogP contribution in [0.5, 0.6) is 0 Å². The fourth-order valence-electron chi connectivity index (χ4n) is 3.09. The van der Waals surface area contributed by atoms with Crippen LogP contribution in [0.2, 0.25) is 5.02 Å². The summed E-state index contributed by atoms with van der Waals surface area (Å²) in [5.41, 5.74) is 3.04. The minimum atomic E-state index is -3.28. The molecule has 4 rings (SSSR count). The Morgan fingerprint density at radius 3 is 2.57 bits per heavy atom. The average Bonchev–Trinajstić information content (AvgIpc) is 3.35. The highest BCUT2D eigenvalue weighted by Gasteiger charge is 2.16. The predicted octanol–water partition coefficient (Wildman–Crippen LogP) is 5.39. The molecule has 0 radical (unpaired) electrons. The van der Waals surface area contributed by atoms with E-state index in [0.29, 0.717) is 10.7 Å². The topological polar surface area (TPSA) is 75.8 Å². The van der Waals surface area contributed by atoms with Crippen molar-refractivity contribution in [2.24, 2.45) is 0 Å². The number of halogens is 1. The summed E-state index contributed by atoms with van der Waals surface area (Å²) in [6, 6.07) is 22.2. The summed E-state index contributed by atoms with van der Waals surface area (Å²) in [4.78, 5) is 2.16. The number of nitriles is 1. The van der Waals surface area contributed by atoms with E-state index in [1.165, 1.54) is 17.6 Å². The number of thiophene rings is 1. The third-order valence-corrected chi connectivity index (χ3v) is 7.09. The van der Waals surface area contributed by atoms with Crippen LogP contribution in [0.1, 0.15) is 5.69 Å². The molecule has 2 aromatic heterocycles. The van der Waals surface area contributed by atoms with Gasteiger partial charge in [-0.05, 0) is 48.0 Å².